The molecular weight excluding hydrogens is 435 g/mol. The fraction of sp³-hybridized carbons (Fsp3) is 0.348. The van der Waals surface area contributed by atoms with Crippen molar-refractivity contribution < 1.29 is 19.0 Å². The van der Waals surface area contributed by atoms with Gasteiger partial charge in [0.15, 0.2) is 5.82 Å². The van der Waals surface area contributed by atoms with Gasteiger partial charge in [-0.25, -0.2) is 19.2 Å². The average Bonchev–Trinajstić information content (AvgIpc) is 3.14. The van der Waals surface area contributed by atoms with E-state index in [-0.39, 0.29) is 17.3 Å². The molecule has 1 unspecified atom stereocenters. The molecule has 1 aliphatic rings. The van der Waals surface area contributed by atoms with Crippen LogP contribution in [0.1, 0.15) is 32.8 Å². The van der Waals surface area contributed by atoms with Gasteiger partial charge in [-0.1, -0.05) is 23.7 Å². The van der Waals surface area contributed by atoms with E-state index in [1.165, 1.54) is 17.3 Å². The largest absolute Gasteiger partial charge is 0.444 e. The molecule has 0 bridgehead atoms. The number of hydrogen-bond acceptors (Lipinski definition) is 6. The first-order chi connectivity index (χ1) is 15.1. The molecule has 0 saturated carbocycles. The molecule has 32 heavy (non-hydrogen) atoms. The van der Waals surface area contributed by atoms with E-state index in [4.69, 9.17) is 16.3 Å². The van der Waals surface area contributed by atoms with Gasteiger partial charge in [0.1, 0.15) is 23.3 Å². The van der Waals surface area contributed by atoms with Crippen molar-refractivity contribution in [3.05, 3.63) is 59.1 Å². The Morgan fingerprint density at radius 2 is 2.06 bits per heavy atom. The zero-order valence-electron chi connectivity index (χ0n) is 18.0. The van der Waals surface area contributed by atoms with Crippen LogP contribution < -0.4 is 5.32 Å². The second-order valence-electron chi connectivity index (χ2n) is 8.86. The summed E-state index contributed by atoms with van der Waals surface area (Å²) in [6, 6.07) is 9.96. The number of benzene rings is 2. The van der Waals surface area contributed by atoms with E-state index in [1.807, 2.05) is 0 Å². The normalized spacial score (nSPS) is 18.8. The lowest BCUT2D eigenvalue weighted by molar-refractivity contribution is 0.0140. The summed E-state index contributed by atoms with van der Waals surface area (Å²) in [7, 11) is 0. The SMILES string of the molecule is CC(C)(C)OC(=O)N1CCC(O)(c2ccc3ncnc(Nc4cccc(Cl)c4F)c3c2)C1. The van der Waals surface area contributed by atoms with Crippen LogP contribution in [-0.4, -0.2) is 44.8 Å². The Labute approximate surface area is 190 Å². The second-order valence-corrected chi connectivity index (χ2v) is 9.27. The number of fused-ring (bicyclic) bond motifs is 1. The summed E-state index contributed by atoms with van der Waals surface area (Å²) < 4.78 is 19.8. The molecule has 2 N–H and O–H groups in total. The van der Waals surface area contributed by atoms with Crippen molar-refractivity contribution >= 4 is 40.1 Å². The van der Waals surface area contributed by atoms with Crippen molar-refractivity contribution in [2.45, 2.75) is 38.4 Å². The highest BCUT2D eigenvalue weighted by Gasteiger charge is 2.41. The average molecular weight is 459 g/mol. The highest BCUT2D eigenvalue weighted by Crippen LogP contribution is 2.36. The number of nitrogens with zero attached hydrogens (tertiary/aromatic N) is 3. The highest BCUT2D eigenvalue weighted by atomic mass is 35.5. The van der Waals surface area contributed by atoms with E-state index >= 15 is 0 Å². The Morgan fingerprint density at radius 1 is 1.28 bits per heavy atom. The van der Waals surface area contributed by atoms with E-state index in [2.05, 4.69) is 15.3 Å². The zero-order chi connectivity index (χ0) is 23.1. The topological polar surface area (TPSA) is 87.6 Å². The minimum atomic E-state index is -1.25. The molecule has 1 aromatic heterocycles. The van der Waals surface area contributed by atoms with Crippen molar-refractivity contribution in [1.29, 1.82) is 0 Å². The number of aromatic nitrogens is 2. The molecule has 168 valence electrons. The number of anilines is 2. The van der Waals surface area contributed by atoms with Gasteiger partial charge in [-0.2, -0.15) is 0 Å². The number of amides is 1. The van der Waals surface area contributed by atoms with Gasteiger partial charge in [-0.3, -0.25) is 0 Å². The van der Waals surface area contributed by atoms with Crippen molar-refractivity contribution in [2.24, 2.45) is 0 Å². The molecule has 0 spiro atoms. The third-order valence-electron chi connectivity index (χ3n) is 5.28. The van der Waals surface area contributed by atoms with Crippen LogP contribution in [0.4, 0.5) is 20.7 Å². The molecule has 2 aromatic carbocycles. The monoisotopic (exact) mass is 458 g/mol. The van der Waals surface area contributed by atoms with E-state index in [0.717, 1.165) is 0 Å². The van der Waals surface area contributed by atoms with Crippen molar-refractivity contribution in [1.82, 2.24) is 14.9 Å². The van der Waals surface area contributed by atoms with Crippen LogP contribution in [0, 0.1) is 5.82 Å². The Bertz CT molecular complexity index is 1180. The number of nitrogens with one attached hydrogen (secondary N) is 1. The third-order valence-corrected chi connectivity index (χ3v) is 5.57. The molecule has 2 heterocycles. The quantitative estimate of drug-likeness (QED) is 0.574. The summed E-state index contributed by atoms with van der Waals surface area (Å²) in [4.78, 5) is 22.4. The lowest BCUT2D eigenvalue weighted by Crippen LogP contribution is -2.38. The predicted molar refractivity (Wildman–Crippen MR) is 121 cm³/mol. The molecule has 1 aliphatic heterocycles. The number of carbonyl (C=O) groups excluding carboxylic acids is 1. The van der Waals surface area contributed by atoms with Crippen molar-refractivity contribution in [3.63, 3.8) is 0 Å². The summed E-state index contributed by atoms with van der Waals surface area (Å²) in [5, 5.41) is 14.9. The Morgan fingerprint density at radius 3 is 2.81 bits per heavy atom. The smallest absolute Gasteiger partial charge is 0.410 e. The molecule has 3 aromatic rings. The van der Waals surface area contributed by atoms with Crippen molar-refractivity contribution in [2.75, 3.05) is 18.4 Å². The summed E-state index contributed by atoms with van der Waals surface area (Å²) in [6.45, 7) is 5.87. The van der Waals surface area contributed by atoms with Crippen LogP contribution in [0.25, 0.3) is 10.9 Å². The van der Waals surface area contributed by atoms with Crippen LogP contribution >= 0.6 is 11.6 Å². The van der Waals surface area contributed by atoms with Crippen LogP contribution in [-0.2, 0) is 10.3 Å². The molecule has 1 saturated heterocycles. The number of rotatable bonds is 3. The van der Waals surface area contributed by atoms with Crippen molar-refractivity contribution in [3.8, 4) is 0 Å². The summed E-state index contributed by atoms with van der Waals surface area (Å²) in [6.07, 6.45) is 1.27. The number of ether oxygens (including phenoxy) is 1. The summed E-state index contributed by atoms with van der Waals surface area (Å²) in [5.74, 6) is -0.205. The number of likely N-dealkylation sites (tertiary alicyclic amines) is 1. The molecular formula is C23H24ClFN4O3. The maximum atomic E-state index is 14.4. The van der Waals surface area contributed by atoms with E-state index in [1.54, 1.807) is 51.1 Å². The molecule has 7 nitrogen and oxygen atoms in total. The van der Waals surface area contributed by atoms with Gasteiger partial charge in [0, 0.05) is 11.9 Å². The van der Waals surface area contributed by atoms with Crippen LogP contribution in [0.2, 0.25) is 5.02 Å². The first-order valence-corrected chi connectivity index (χ1v) is 10.6. The number of hydrogen-bond donors (Lipinski definition) is 2. The lowest BCUT2D eigenvalue weighted by Gasteiger charge is -2.27. The van der Waals surface area contributed by atoms with E-state index in [0.29, 0.717) is 35.2 Å². The molecule has 9 heteroatoms. The van der Waals surface area contributed by atoms with Gasteiger partial charge in [0.2, 0.25) is 0 Å². The zero-order valence-corrected chi connectivity index (χ0v) is 18.8. The number of halogens is 2. The van der Waals surface area contributed by atoms with Gasteiger partial charge in [0.05, 0.1) is 22.8 Å². The van der Waals surface area contributed by atoms with E-state index in [9.17, 15) is 14.3 Å². The maximum Gasteiger partial charge on any atom is 0.410 e. The van der Waals surface area contributed by atoms with Crippen LogP contribution in [0.15, 0.2) is 42.7 Å². The van der Waals surface area contributed by atoms with Gasteiger partial charge in [0.25, 0.3) is 0 Å². The minimum absolute atomic E-state index is 0.00319. The van der Waals surface area contributed by atoms with Crippen LogP contribution in [0.5, 0.6) is 0 Å². The van der Waals surface area contributed by atoms with Gasteiger partial charge in [-0.15, -0.1) is 0 Å². The highest BCUT2D eigenvalue weighted by molar-refractivity contribution is 6.31. The van der Waals surface area contributed by atoms with Gasteiger partial charge < -0.3 is 20.1 Å². The van der Waals surface area contributed by atoms with Crippen LogP contribution in [0.3, 0.4) is 0 Å². The molecule has 1 amide bonds. The van der Waals surface area contributed by atoms with Gasteiger partial charge in [-0.05, 0) is 57.0 Å². The van der Waals surface area contributed by atoms with E-state index < -0.39 is 23.1 Å². The molecule has 1 fully saturated rings. The molecule has 1 atom stereocenters. The summed E-state index contributed by atoms with van der Waals surface area (Å²) in [5.41, 5.74) is -0.452. The molecule has 4 rings (SSSR count). The minimum Gasteiger partial charge on any atom is -0.444 e. The molecule has 0 radical (unpaired) electrons. The lowest BCUT2D eigenvalue weighted by atomic mass is 9.92. The fourth-order valence-electron chi connectivity index (χ4n) is 3.69. The Hall–Kier alpha value is -2.97. The first-order valence-electron chi connectivity index (χ1n) is 10.2. The first kappa shape index (κ1) is 22.2. The van der Waals surface area contributed by atoms with Gasteiger partial charge >= 0.3 is 6.09 Å². The number of aliphatic hydroxyl groups is 1. The number of β-amino-alcohol motifs (C(OH)–C–C–N with tert-alkyl or cyclic N) is 1. The standard InChI is InChI=1S/C23H24ClFN4O3/c1-22(2,3)32-21(30)29-10-9-23(31,12-29)14-7-8-17-15(11-14)20(27-13-26-17)28-18-6-4-5-16(24)19(18)25/h4-8,11,13,31H,9-10,12H2,1-3H3,(H,26,27,28). The Kier molecular flexibility index (Phi) is 5.68. The summed E-state index contributed by atoms with van der Waals surface area (Å²) >= 11 is 5.88. The second kappa shape index (κ2) is 8.18. The third kappa shape index (κ3) is 4.47. The fourth-order valence-corrected chi connectivity index (χ4v) is 3.86. The maximum absolute atomic E-state index is 14.4. The molecule has 0 aliphatic carbocycles. The predicted octanol–water partition coefficient (Wildman–Crippen LogP) is 4.99. The number of carbonyl (C=O) groups is 1. The Balaban J connectivity index is 1.64.